The number of hydrogen-bond acceptors (Lipinski definition) is 13. The van der Waals surface area contributed by atoms with Gasteiger partial charge >= 0.3 is 0 Å². The van der Waals surface area contributed by atoms with Crippen LogP contribution < -0.4 is 40.3 Å². The van der Waals surface area contributed by atoms with Gasteiger partial charge < -0.3 is 45.2 Å². The maximum Gasteiger partial charge on any atom is 0.260 e. The number of piperidine rings is 1. The number of hydrogen-bond donors (Lipinski definition) is 3. The average molecular weight is 909 g/mol. The van der Waals surface area contributed by atoms with E-state index in [4.69, 9.17) is 14.7 Å². The molecule has 3 N–H and O–H groups in total. The number of benzene rings is 4. The van der Waals surface area contributed by atoms with Crippen LogP contribution >= 0.6 is 0 Å². The Morgan fingerprint density at radius 3 is 1.67 bits per heavy atom. The molecule has 0 unspecified atom stereocenters. The smallest absolute Gasteiger partial charge is 0.260 e. The molecular formula is C49H52N10O6S. The molecule has 340 valence electrons. The number of fused-ring (bicyclic) bond motifs is 4. The molecule has 1 saturated heterocycles. The highest BCUT2D eigenvalue weighted by atomic mass is 32.2. The first-order valence-corrected chi connectivity index (χ1v) is 23.3. The van der Waals surface area contributed by atoms with E-state index >= 15 is 0 Å². The zero-order valence-electron chi connectivity index (χ0n) is 37.9. The van der Waals surface area contributed by atoms with Gasteiger partial charge in [-0.25, -0.2) is 18.4 Å². The third kappa shape index (κ3) is 9.21. The second-order valence-electron chi connectivity index (χ2n) is 16.5. The van der Waals surface area contributed by atoms with Crippen molar-refractivity contribution in [3.05, 3.63) is 132 Å². The van der Waals surface area contributed by atoms with Crippen LogP contribution in [0.25, 0.3) is 0 Å². The molecule has 66 heavy (non-hydrogen) atoms. The van der Waals surface area contributed by atoms with Gasteiger partial charge in [0.1, 0.15) is 17.4 Å². The highest BCUT2D eigenvalue weighted by Gasteiger charge is 2.30. The first-order chi connectivity index (χ1) is 31.6. The molecule has 0 radical (unpaired) electrons. The molecule has 5 heterocycles. The molecule has 1 fully saturated rings. The number of carbonyl (C=O) groups is 3. The molecule has 16 nitrogen and oxygen atoms in total. The van der Waals surface area contributed by atoms with Gasteiger partial charge in [0.05, 0.1) is 51.6 Å². The standard InChI is InChI=1S/C28H32N6O3.C21H20N4O3S/c1-32-15-13-19(14-16-32)29-27(35)18-9-10-21(24(17-18)37-4)30-25-12-11-23-26(31-25)33(2)22-8-6-5-7-20(22)28(36)34(23)3;1-24-17-7-5-4-6-16(17)21(26)25(2)18-12-13-19(23-20(18)24)22-14-8-10-15(11-9-14)29(3,27)28/h5-12,17,19H,13-16H2,1-4H3,(H,29,35)(H,30,31);4-13H,1-3H3,(H,22,23). The summed E-state index contributed by atoms with van der Waals surface area (Å²) in [6.45, 7) is 1.96. The quantitative estimate of drug-likeness (QED) is 0.136. The van der Waals surface area contributed by atoms with Gasteiger partial charge in [-0.1, -0.05) is 24.3 Å². The molecule has 0 saturated carbocycles. The molecule has 3 aliphatic heterocycles. The lowest BCUT2D eigenvalue weighted by Gasteiger charge is -2.29. The van der Waals surface area contributed by atoms with Crippen molar-refractivity contribution in [1.29, 1.82) is 0 Å². The average Bonchev–Trinajstić information content (AvgIpc) is 3.45. The largest absolute Gasteiger partial charge is 0.495 e. The summed E-state index contributed by atoms with van der Waals surface area (Å²) in [6, 6.07) is 34.3. The Bertz CT molecular complexity index is 2940. The highest BCUT2D eigenvalue weighted by molar-refractivity contribution is 7.90. The Morgan fingerprint density at radius 2 is 1.15 bits per heavy atom. The van der Waals surface area contributed by atoms with E-state index in [-0.39, 0.29) is 28.7 Å². The molecule has 9 rings (SSSR count). The normalized spacial score (nSPS) is 15.0. The minimum atomic E-state index is -3.24. The second-order valence-corrected chi connectivity index (χ2v) is 18.5. The first kappa shape index (κ1) is 45.1. The number of sulfone groups is 1. The number of methoxy groups -OCH3 is 1. The molecule has 4 aromatic carbocycles. The zero-order valence-corrected chi connectivity index (χ0v) is 38.7. The van der Waals surface area contributed by atoms with Crippen LogP contribution in [0.5, 0.6) is 5.75 Å². The maximum atomic E-state index is 13.0. The summed E-state index contributed by atoms with van der Waals surface area (Å²) in [5.41, 5.74) is 6.17. The Hall–Kier alpha value is -7.50. The van der Waals surface area contributed by atoms with Gasteiger partial charge in [0.25, 0.3) is 17.7 Å². The molecular weight excluding hydrogens is 857 g/mol. The van der Waals surface area contributed by atoms with E-state index in [1.165, 1.54) is 6.26 Å². The summed E-state index contributed by atoms with van der Waals surface area (Å²) in [4.78, 5) is 57.8. The number of amides is 3. The van der Waals surface area contributed by atoms with E-state index in [1.54, 1.807) is 79.5 Å². The van der Waals surface area contributed by atoms with Crippen LogP contribution in [0.4, 0.5) is 57.4 Å². The van der Waals surface area contributed by atoms with E-state index < -0.39 is 9.84 Å². The van der Waals surface area contributed by atoms with Crippen molar-refractivity contribution in [2.75, 3.05) is 91.9 Å². The topological polar surface area (TPSA) is 173 Å². The van der Waals surface area contributed by atoms with Crippen LogP contribution in [0.3, 0.4) is 0 Å². The van der Waals surface area contributed by atoms with E-state index in [9.17, 15) is 22.8 Å². The third-order valence-electron chi connectivity index (χ3n) is 12.0. The number of anilines is 10. The number of rotatable bonds is 8. The van der Waals surface area contributed by atoms with Crippen LogP contribution in [0.2, 0.25) is 0 Å². The van der Waals surface area contributed by atoms with Crippen LogP contribution in [-0.2, 0) is 9.84 Å². The van der Waals surface area contributed by atoms with Gasteiger partial charge in [-0.15, -0.1) is 0 Å². The lowest BCUT2D eigenvalue weighted by atomic mass is 10.0. The number of likely N-dealkylation sites (tertiary alicyclic amines) is 1. The van der Waals surface area contributed by atoms with Crippen molar-refractivity contribution < 1.29 is 27.5 Å². The van der Waals surface area contributed by atoms with Crippen LogP contribution in [-0.4, -0.2) is 109 Å². The van der Waals surface area contributed by atoms with Crippen molar-refractivity contribution in [2.45, 2.75) is 23.8 Å². The zero-order chi connectivity index (χ0) is 46.9. The molecule has 0 bridgehead atoms. The predicted octanol–water partition coefficient (Wildman–Crippen LogP) is 7.60. The Morgan fingerprint density at radius 1 is 0.636 bits per heavy atom. The van der Waals surface area contributed by atoms with Gasteiger partial charge in [-0.2, -0.15) is 0 Å². The number of pyridine rings is 2. The molecule has 17 heteroatoms. The van der Waals surface area contributed by atoms with E-state index in [0.29, 0.717) is 68.5 Å². The third-order valence-corrected chi connectivity index (χ3v) is 13.1. The number of para-hydroxylation sites is 2. The number of nitrogens with zero attached hydrogens (tertiary/aromatic N) is 7. The van der Waals surface area contributed by atoms with Gasteiger partial charge in [-0.3, -0.25) is 14.4 Å². The molecule has 3 aliphatic rings. The first-order valence-electron chi connectivity index (χ1n) is 21.4. The number of aromatic nitrogens is 2. The molecule has 2 aromatic heterocycles. The monoisotopic (exact) mass is 908 g/mol. The van der Waals surface area contributed by atoms with Crippen molar-refractivity contribution in [2.24, 2.45) is 0 Å². The fourth-order valence-electron chi connectivity index (χ4n) is 8.17. The highest BCUT2D eigenvalue weighted by Crippen LogP contribution is 2.41. The van der Waals surface area contributed by atoms with Crippen molar-refractivity contribution >= 4 is 85.0 Å². The Balaban J connectivity index is 0.000000185. The summed E-state index contributed by atoms with van der Waals surface area (Å²) in [5, 5.41) is 9.65. The fraction of sp³-hybridized carbons (Fsp3) is 0.245. The van der Waals surface area contributed by atoms with Gasteiger partial charge in [0, 0.05) is 51.7 Å². The minimum Gasteiger partial charge on any atom is -0.495 e. The van der Waals surface area contributed by atoms with E-state index in [0.717, 1.165) is 37.3 Å². The predicted molar refractivity (Wildman–Crippen MR) is 260 cm³/mol. The summed E-state index contributed by atoms with van der Waals surface area (Å²) in [7, 11) is 7.70. The van der Waals surface area contributed by atoms with Crippen LogP contribution in [0.1, 0.15) is 43.9 Å². The second kappa shape index (κ2) is 18.5. The Labute approximate surface area is 384 Å². The van der Waals surface area contributed by atoms with E-state index in [1.807, 2.05) is 90.6 Å². The molecule has 0 atom stereocenters. The van der Waals surface area contributed by atoms with Crippen LogP contribution in [0.15, 0.2) is 120 Å². The molecule has 0 spiro atoms. The summed E-state index contributed by atoms with van der Waals surface area (Å²) >= 11 is 0. The Kier molecular flexibility index (Phi) is 12.7. The van der Waals surface area contributed by atoms with Crippen molar-refractivity contribution in [3.8, 4) is 5.75 Å². The number of nitrogens with one attached hydrogen (secondary N) is 3. The molecule has 0 aliphatic carbocycles. The number of carbonyl (C=O) groups excluding carboxylic acids is 3. The minimum absolute atomic E-state index is 0.0838. The molecule has 6 aromatic rings. The van der Waals surface area contributed by atoms with Crippen molar-refractivity contribution in [3.63, 3.8) is 0 Å². The van der Waals surface area contributed by atoms with Gasteiger partial charge in [-0.05, 0) is 124 Å². The number of ether oxygens (including phenoxy) is 1. The lowest BCUT2D eigenvalue weighted by Crippen LogP contribution is -2.43. The maximum absolute atomic E-state index is 13.0. The van der Waals surface area contributed by atoms with Gasteiger partial charge in [0.2, 0.25) is 0 Å². The van der Waals surface area contributed by atoms with Crippen LogP contribution in [0, 0.1) is 0 Å². The van der Waals surface area contributed by atoms with Gasteiger partial charge in [0.15, 0.2) is 21.5 Å². The summed E-state index contributed by atoms with van der Waals surface area (Å²) < 4.78 is 28.8. The lowest BCUT2D eigenvalue weighted by molar-refractivity contribution is 0.0915. The fourth-order valence-corrected chi connectivity index (χ4v) is 8.80. The summed E-state index contributed by atoms with van der Waals surface area (Å²) in [5.74, 6) is 2.73. The van der Waals surface area contributed by atoms with E-state index in [2.05, 4.69) is 27.9 Å². The van der Waals surface area contributed by atoms with Crippen molar-refractivity contribution in [1.82, 2.24) is 20.2 Å². The molecule has 3 amide bonds. The summed E-state index contributed by atoms with van der Waals surface area (Å²) in [6.07, 6.45) is 3.07. The SMILES string of the molecule is CN1C(=O)c2ccccc2N(C)c2nc(Nc3ccc(S(C)(=O)=O)cc3)ccc21.COc1cc(C(=O)NC2CCN(C)CC2)ccc1Nc1ccc2c(n1)N(C)c1ccccc1C(=O)N2C.